The quantitative estimate of drug-likeness (QED) is 0.121. The molecule has 2 unspecified atom stereocenters. The van der Waals surface area contributed by atoms with E-state index in [2.05, 4.69) is 80.5 Å². The zero-order valence-electron chi connectivity index (χ0n) is 26.7. The minimum Gasteiger partial charge on any atom is -0.0736 e. The number of benzene rings is 1. The molecule has 0 amide bonds. The lowest BCUT2D eigenvalue weighted by Gasteiger charge is -2.26. The van der Waals surface area contributed by atoms with Crippen molar-refractivity contribution in [3.63, 3.8) is 0 Å². The summed E-state index contributed by atoms with van der Waals surface area (Å²) in [6.07, 6.45) is 20.8. The highest BCUT2D eigenvalue weighted by Crippen LogP contribution is 2.33. The van der Waals surface area contributed by atoms with E-state index >= 15 is 0 Å². The number of rotatable bonds is 20. The van der Waals surface area contributed by atoms with Crippen LogP contribution in [-0.4, -0.2) is 0 Å². The molecule has 1 aromatic rings. The SMILES string of the molecule is CCCCCCC(C)C(=C(C)CCCC)C(C)CCc1ccc(CCCCC)c(C(C)=C(C)CCC)c1. The van der Waals surface area contributed by atoms with Gasteiger partial charge in [-0.3, -0.25) is 0 Å². The lowest BCUT2D eigenvalue weighted by Crippen LogP contribution is -2.12. The van der Waals surface area contributed by atoms with Crippen LogP contribution in [0.3, 0.4) is 0 Å². The Labute approximate surface area is 233 Å². The summed E-state index contributed by atoms with van der Waals surface area (Å²) in [5.74, 6) is 1.39. The molecule has 1 aromatic carbocycles. The van der Waals surface area contributed by atoms with E-state index in [1.165, 1.54) is 119 Å². The molecule has 0 saturated heterocycles. The third-order valence-corrected chi connectivity index (χ3v) is 8.71. The summed E-state index contributed by atoms with van der Waals surface area (Å²) in [6, 6.07) is 7.47. The van der Waals surface area contributed by atoms with Crippen molar-refractivity contribution in [1.82, 2.24) is 0 Å². The van der Waals surface area contributed by atoms with E-state index in [-0.39, 0.29) is 0 Å². The number of unbranched alkanes of at least 4 members (excludes halogenated alkanes) is 6. The molecular formula is C37H64. The molecule has 0 bridgehead atoms. The third-order valence-electron chi connectivity index (χ3n) is 8.71. The van der Waals surface area contributed by atoms with Gasteiger partial charge in [0.15, 0.2) is 0 Å². The molecule has 0 heterocycles. The molecule has 0 aromatic heterocycles. The molecule has 0 radical (unpaired) electrons. The van der Waals surface area contributed by atoms with Crippen LogP contribution in [0.5, 0.6) is 0 Å². The first kappa shape index (κ1) is 33.7. The second-order valence-electron chi connectivity index (χ2n) is 12.1. The Morgan fingerprint density at radius 1 is 0.622 bits per heavy atom. The van der Waals surface area contributed by atoms with Crippen LogP contribution >= 0.6 is 0 Å². The van der Waals surface area contributed by atoms with Gasteiger partial charge in [-0.25, -0.2) is 0 Å². The van der Waals surface area contributed by atoms with Crippen molar-refractivity contribution in [3.8, 4) is 0 Å². The van der Waals surface area contributed by atoms with Crippen LogP contribution in [0.25, 0.3) is 5.57 Å². The number of aryl methyl sites for hydroxylation is 2. The van der Waals surface area contributed by atoms with Crippen molar-refractivity contribution in [2.75, 3.05) is 0 Å². The van der Waals surface area contributed by atoms with Crippen molar-refractivity contribution in [2.45, 2.75) is 165 Å². The minimum absolute atomic E-state index is 0.671. The molecule has 0 aliphatic carbocycles. The van der Waals surface area contributed by atoms with Gasteiger partial charge in [-0.1, -0.05) is 128 Å². The highest BCUT2D eigenvalue weighted by Gasteiger charge is 2.19. The van der Waals surface area contributed by atoms with Crippen LogP contribution in [0, 0.1) is 11.8 Å². The molecule has 2 atom stereocenters. The fourth-order valence-corrected chi connectivity index (χ4v) is 6.19. The average Bonchev–Trinajstić information content (AvgIpc) is 2.89. The molecule has 0 aliphatic heterocycles. The van der Waals surface area contributed by atoms with E-state index in [1.807, 2.05) is 0 Å². The first-order chi connectivity index (χ1) is 17.8. The first-order valence-corrected chi connectivity index (χ1v) is 16.3. The van der Waals surface area contributed by atoms with E-state index in [9.17, 15) is 0 Å². The van der Waals surface area contributed by atoms with Gasteiger partial charge in [0.1, 0.15) is 0 Å². The monoisotopic (exact) mass is 509 g/mol. The van der Waals surface area contributed by atoms with Gasteiger partial charge < -0.3 is 0 Å². The molecular weight excluding hydrogens is 444 g/mol. The van der Waals surface area contributed by atoms with E-state index in [0.717, 1.165) is 5.92 Å². The van der Waals surface area contributed by atoms with Gasteiger partial charge in [0.25, 0.3) is 0 Å². The van der Waals surface area contributed by atoms with Crippen LogP contribution in [0.2, 0.25) is 0 Å². The van der Waals surface area contributed by atoms with E-state index in [1.54, 1.807) is 22.3 Å². The van der Waals surface area contributed by atoms with Gasteiger partial charge in [0, 0.05) is 0 Å². The lowest BCUT2D eigenvalue weighted by atomic mass is 9.80. The van der Waals surface area contributed by atoms with Crippen molar-refractivity contribution >= 4 is 5.57 Å². The van der Waals surface area contributed by atoms with Gasteiger partial charge in [0.05, 0.1) is 0 Å². The first-order valence-electron chi connectivity index (χ1n) is 16.3. The molecule has 37 heavy (non-hydrogen) atoms. The van der Waals surface area contributed by atoms with E-state index in [4.69, 9.17) is 0 Å². The van der Waals surface area contributed by atoms with Gasteiger partial charge in [-0.05, 0) is 106 Å². The average molecular weight is 509 g/mol. The Morgan fingerprint density at radius 3 is 1.92 bits per heavy atom. The summed E-state index contributed by atoms with van der Waals surface area (Å²) in [7, 11) is 0. The summed E-state index contributed by atoms with van der Waals surface area (Å²) in [5, 5.41) is 0. The topological polar surface area (TPSA) is 0 Å². The van der Waals surface area contributed by atoms with Crippen molar-refractivity contribution in [2.24, 2.45) is 11.8 Å². The number of hydrogen-bond donors (Lipinski definition) is 0. The lowest BCUT2D eigenvalue weighted by molar-refractivity contribution is 0.467. The summed E-state index contributed by atoms with van der Waals surface area (Å²) < 4.78 is 0. The number of hydrogen-bond acceptors (Lipinski definition) is 0. The minimum atomic E-state index is 0.671. The Kier molecular flexibility index (Phi) is 18.0. The highest BCUT2D eigenvalue weighted by molar-refractivity contribution is 5.70. The maximum Gasteiger partial charge on any atom is -0.0193 e. The second kappa shape index (κ2) is 19.7. The van der Waals surface area contributed by atoms with Crippen LogP contribution < -0.4 is 0 Å². The Balaban J connectivity index is 3.10. The summed E-state index contributed by atoms with van der Waals surface area (Å²) in [6.45, 7) is 21.4. The molecule has 0 saturated carbocycles. The van der Waals surface area contributed by atoms with E-state index < -0.39 is 0 Å². The van der Waals surface area contributed by atoms with Crippen molar-refractivity contribution in [1.29, 1.82) is 0 Å². The van der Waals surface area contributed by atoms with Gasteiger partial charge in [-0.15, -0.1) is 0 Å². The standard InChI is InChI=1S/C37H64/c1-10-14-17-19-22-31(7)37(30(6)21-16-12-3)32(8)24-25-34-26-27-35(23-18-15-11-2)36(28-34)33(9)29(5)20-13-4/h26-28,31-32H,10-25H2,1-9H3. The predicted octanol–water partition coefficient (Wildman–Crippen LogP) is 12.7. The largest absolute Gasteiger partial charge is 0.0736 e. The van der Waals surface area contributed by atoms with Crippen LogP contribution in [-0.2, 0) is 12.8 Å². The summed E-state index contributed by atoms with van der Waals surface area (Å²) in [4.78, 5) is 0. The molecule has 212 valence electrons. The Bertz CT molecular complexity index is 805. The number of allylic oxidation sites excluding steroid dienone is 4. The van der Waals surface area contributed by atoms with Crippen LogP contribution in [0.15, 0.2) is 34.9 Å². The fraction of sp³-hybridized carbons (Fsp3) is 0.730. The molecule has 1 rings (SSSR count). The highest BCUT2D eigenvalue weighted by atomic mass is 14.2. The molecule has 0 aliphatic rings. The Hall–Kier alpha value is -1.30. The van der Waals surface area contributed by atoms with Crippen LogP contribution in [0.4, 0.5) is 0 Å². The second-order valence-corrected chi connectivity index (χ2v) is 12.1. The van der Waals surface area contributed by atoms with E-state index in [0.29, 0.717) is 5.92 Å². The Morgan fingerprint density at radius 2 is 1.27 bits per heavy atom. The van der Waals surface area contributed by atoms with Gasteiger partial charge in [-0.2, -0.15) is 0 Å². The van der Waals surface area contributed by atoms with Crippen LogP contribution in [0.1, 0.15) is 169 Å². The van der Waals surface area contributed by atoms with Crippen molar-refractivity contribution < 1.29 is 0 Å². The van der Waals surface area contributed by atoms with Gasteiger partial charge >= 0.3 is 0 Å². The zero-order chi connectivity index (χ0) is 27.6. The maximum absolute atomic E-state index is 2.56. The molecule has 0 N–H and O–H groups in total. The molecule has 0 fully saturated rings. The molecule has 0 nitrogen and oxygen atoms in total. The molecule has 0 spiro atoms. The summed E-state index contributed by atoms with van der Waals surface area (Å²) >= 11 is 0. The predicted molar refractivity (Wildman–Crippen MR) is 170 cm³/mol. The zero-order valence-corrected chi connectivity index (χ0v) is 26.7. The normalized spacial score (nSPS) is 14.8. The fourth-order valence-electron chi connectivity index (χ4n) is 6.19. The smallest absolute Gasteiger partial charge is 0.0193 e. The molecule has 0 heteroatoms. The van der Waals surface area contributed by atoms with Crippen molar-refractivity contribution in [3.05, 3.63) is 51.6 Å². The van der Waals surface area contributed by atoms with Gasteiger partial charge in [0.2, 0.25) is 0 Å². The third kappa shape index (κ3) is 12.4. The maximum atomic E-state index is 2.56. The summed E-state index contributed by atoms with van der Waals surface area (Å²) in [5.41, 5.74) is 11.2.